The molecule has 1 N–H and O–H groups in total. The van der Waals surface area contributed by atoms with E-state index in [9.17, 15) is 13.2 Å². The number of aryl methyl sites for hydroxylation is 3. The first kappa shape index (κ1) is 20.4. The van der Waals surface area contributed by atoms with E-state index in [2.05, 4.69) is 11.6 Å². The molecule has 6 heteroatoms. The molecule has 1 atom stereocenters. The van der Waals surface area contributed by atoms with E-state index in [1.807, 2.05) is 24.8 Å². The van der Waals surface area contributed by atoms with Crippen molar-refractivity contribution in [3.8, 4) is 0 Å². The number of rotatable bonds is 4. The third-order valence-electron chi connectivity index (χ3n) is 5.14. The summed E-state index contributed by atoms with van der Waals surface area (Å²) in [5, 5.41) is 0. The highest BCUT2D eigenvalue weighted by atomic mass is 32.2. The van der Waals surface area contributed by atoms with Gasteiger partial charge in [0.25, 0.3) is 15.9 Å². The van der Waals surface area contributed by atoms with Crippen LogP contribution >= 0.6 is 0 Å². The fourth-order valence-electron chi connectivity index (χ4n) is 3.82. The van der Waals surface area contributed by atoms with Crippen molar-refractivity contribution < 1.29 is 13.2 Å². The number of anilines is 1. The molecule has 1 amide bonds. The first-order valence-electron chi connectivity index (χ1n) is 9.67. The van der Waals surface area contributed by atoms with Gasteiger partial charge in [-0.3, -0.25) is 9.52 Å². The van der Waals surface area contributed by atoms with Crippen LogP contribution in [0.1, 0.15) is 46.8 Å². The van der Waals surface area contributed by atoms with Crippen molar-refractivity contribution in [2.45, 2.75) is 45.4 Å². The average Bonchev–Trinajstić information content (AvgIpc) is 2.60. The lowest BCUT2D eigenvalue weighted by molar-refractivity contribution is 0.0683. The Morgan fingerprint density at radius 1 is 1.07 bits per heavy atom. The van der Waals surface area contributed by atoms with Gasteiger partial charge in [0.05, 0.1) is 4.90 Å². The Morgan fingerprint density at radius 2 is 1.75 bits per heavy atom. The molecule has 150 valence electrons. The number of nitrogens with one attached hydrogen (secondary N) is 1. The molecule has 28 heavy (non-hydrogen) atoms. The summed E-state index contributed by atoms with van der Waals surface area (Å²) in [5.74, 6) is 0.368. The summed E-state index contributed by atoms with van der Waals surface area (Å²) in [6.07, 6.45) is 2.11. The molecule has 1 aliphatic rings. The number of likely N-dealkylation sites (tertiary alicyclic amines) is 1. The van der Waals surface area contributed by atoms with Crippen molar-refractivity contribution in [2.24, 2.45) is 5.92 Å². The summed E-state index contributed by atoms with van der Waals surface area (Å²) >= 11 is 0. The summed E-state index contributed by atoms with van der Waals surface area (Å²) in [7, 11) is -3.80. The van der Waals surface area contributed by atoms with Gasteiger partial charge in [-0.1, -0.05) is 19.1 Å². The van der Waals surface area contributed by atoms with Crippen LogP contribution in [0.25, 0.3) is 0 Å². The van der Waals surface area contributed by atoms with Crippen molar-refractivity contribution in [1.82, 2.24) is 4.90 Å². The molecule has 0 spiro atoms. The van der Waals surface area contributed by atoms with Crippen molar-refractivity contribution in [1.29, 1.82) is 0 Å². The number of hydrogen-bond donors (Lipinski definition) is 1. The first-order chi connectivity index (χ1) is 13.2. The quantitative estimate of drug-likeness (QED) is 0.833. The summed E-state index contributed by atoms with van der Waals surface area (Å²) in [5.41, 5.74) is 3.52. The third-order valence-corrected chi connectivity index (χ3v) is 6.67. The van der Waals surface area contributed by atoms with Crippen molar-refractivity contribution in [2.75, 3.05) is 17.8 Å². The van der Waals surface area contributed by atoms with Crippen LogP contribution in [0.4, 0.5) is 5.69 Å². The topological polar surface area (TPSA) is 66.5 Å². The number of sulfonamides is 1. The van der Waals surface area contributed by atoms with E-state index < -0.39 is 10.0 Å². The van der Waals surface area contributed by atoms with Gasteiger partial charge in [0.2, 0.25) is 0 Å². The van der Waals surface area contributed by atoms with Crippen molar-refractivity contribution in [3.63, 3.8) is 0 Å². The van der Waals surface area contributed by atoms with Gasteiger partial charge in [0.15, 0.2) is 0 Å². The van der Waals surface area contributed by atoms with E-state index in [1.165, 1.54) is 6.07 Å². The molecule has 0 aliphatic carbocycles. The Kier molecular flexibility index (Phi) is 5.79. The van der Waals surface area contributed by atoms with Gasteiger partial charge < -0.3 is 4.90 Å². The van der Waals surface area contributed by atoms with Crippen LogP contribution in [0.3, 0.4) is 0 Å². The zero-order valence-electron chi connectivity index (χ0n) is 17.0. The predicted molar refractivity (Wildman–Crippen MR) is 112 cm³/mol. The SMILES string of the molecule is Cc1cc(C)cc(NS(=O)(=O)c2cc(C(=O)N3CCC[C@H](C)C3)ccc2C)c1. The summed E-state index contributed by atoms with van der Waals surface area (Å²) < 4.78 is 28.7. The van der Waals surface area contributed by atoms with E-state index in [4.69, 9.17) is 0 Å². The smallest absolute Gasteiger partial charge is 0.262 e. The highest BCUT2D eigenvalue weighted by Crippen LogP contribution is 2.24. The number of hydrogen-bond acceptors (Lipinski definition) is 3. The van der Waals surface area contributed by atoms with Crippen LogP contribution in [0.2, 0.25) is 0 Å². The van der Waals surface area contributed by atoms with E-state index in [0.29, 0.717) is 22.7 Å². The molecular weight excluding hydrogens is 372 g/mol. The van der Waals surface area contributed by atoms with Crippen LogP contribution in [-0.2, 0) is 10.0 Å². The molecule has 0 unspecified atom stereocenters. The van der Waals surface area contributed by atoms with Crippen LogP contribution < -0.4 is 4.72 Å². The monoisotopic (exact) mass is 400 g/mol. The minimum Gasteiger partial charge on any atom is -0.338 e. The number of carbonyl (C=O) groups excluding carboxylic acids is 1. The Bertz CT molecular complexity index is 979. The number of amides is 1. The second-order valence-electron chi connectivity index (χ2n) is 7.96. The van der Waals surface area contributed by atoms with Gasteiger partial charge in [0.1, 0.15) is 0 Å². The third kappa shape index (κ3) is 4.55. The minimum absolute atomic E-state index is 0.102. The Balaban J connectivity index is 1.90. The fourth-order valence-corrected chi connectivity index (χ4v) is 5.13. The molecule has 3 rings (SSSR count). The standard InChI is InChI=1S/C22H28N2O3S/c1-15-6-5-9-24(14-15)22(25)19-8-7-18(4)21(13-19)28(26,27)23-20-11-16(2)10-17(3)12-20/h7-8,10-13,15,23H,5-6,9,14H2,1-4H3/t15-/m0/s1. The van der Waals surface area contributed by atoms with Crippen LogP contribution in [0, 0.1) is 26.7 Å². The molecule has 0 bridgehead atoms. The predicted octanol–water partition coefficient (Wildman–Crippen LogP) is 4.28. The van der Waals surface area contributed by atoms with Crippen molar-refractivity contribution >= 4 is 21.6 Å². The average molecular weight is 401 g/mol. The minimum atomic E-state index is -3.80. The Morgan fingerprint density at radius 3 is 2.39 bits per heavy atom. The van der Waals surface area contributed by atoms with E-state index in [-0.39, 0.29) is 10.8 Å². The van der Waals surface area contributed by atoms with E-state index in [1.54, 1.807) is 31.2 Å². The Labute approximate surface area is 167 Å². The highest BCUT2D eigenvalue weighted by Gasteiger charge is 2.24. The molecule has 1 saturated heterocycles. The normalized spacial score (nSPS) is 17.4. The summed E-state index contributed by atoms with van der Waals surface area (Å²) in [6, 6.07) is 10.5. The molecule has 2 aromatic rings. The van der Waals surface area contributed by atoms with Crippen molar-refractivity contribution in [3.05, 3.63) is 58.7 Å². The second kappa shape index (κ2) is 7.95. The summed E-state index contributed by atoms with van der Waals surface area (Å²) in [6.45, 7) is 9.17. The second-order valence-corrected chi connectivity index (χ2v) is 9.61. The lowest BCUT2D eigenvalue weighted by Gasteiger charge is -2.31. The largest absolute Gasteiger partial charge is 0.338 e. The maximum Gasteiger partial charge on any atom is 0.262 e. The molecule has 1 fully saturated rings. The van der Waals surface area contributed by atoms with E-state index >= 15 is 0 Å². The molecule has 1 aliphatic heterocycles. The maximum absolute atomic E-state index is 13.0. The molecule has 0 radical (unpaired) electrons. The number of piperidine rings is 1. The van der Waals surface area contributed by atoms with Gasteiger partial charge >= 0.3 is 0 Å². The van der Waals surface area contributed by atoms with Gasteiger partial charge in [-0.15, -0.1) is 0 Å². The lowest BCUT2D eigenvalue weighted by atomic mass is 9.99. The Hall–Kier alpha value is -2.34. The zero-order chi connectivity index (χ0) is 20.5. The summed E-state index contributed by atoms with van der Waals surface area (Å²) in [4.78, 5) is 14.9. The highest BCUT2D eigenvalue weighted by molar-refractivity contribution is 7.92. The molecule has 0 aromatic heterocycles. The number of benzene rings is 2. The van der Waals surface area contributed by atoms with Gasteiger partial charge in [0, 0.05) is 24.3 Å². The van der Waals surface area contributed by atoms with Gasteiger partial charge in [-0.25, -0.2) is 8.42 Å². The number of carbonyl (C=O) groups is 1. The molecule has 0 saturated carbocycles. The molecule has 5 nitrogen and oxygen atoms in total. The van der Waals surface area contributed by atoms with Gasteiger partial charge in [-0.05, 0) is 80.5 Å². The lowest BCUT2D eigenvalue weighted by Crippen LogP contribution is -2.39. The molecule has 1 heterocycles. The first-order valence-corrected chi connectivity index (χ1v) is 11.1. The van der Waals surface area contributed by atoms with Crippen LogP contribution in [-0.4, -0.2) is 32.3 Å². The van der Waals surface area contributed by atoms with Crippen LogP contribution in [0.15, 0.2) is 41.3 Å². The molecular formula is C22H28N2O3S. The fraction of sp³-hybridized carbons (Fsp3) is 0.409. The molecule has 2 aromatic carbocycles. The van der Waals surface area contributed by atoms with E-state index in [0.717, 1.165) is 37.1 Å². The maximum atomic E-state index is 13.0. The number of nitrogens with zero attached hydrogens (tertiary/aromatic N) is 1. The van der Waals surface area contributed by atoms with Gasteiger partial charge in [-0.2, -0.15) is 0 Å². The van der Waals surface area contributed by atoms with Crippen LogP contribution in [0.5, 0.6) is 0 Å². The zero-order valence-corrected chi connectivity index (χ0v) is 17.8.